The largest absolute Gasteiger partial charge is 0.272 e. The zero-order valence-electron chi connectivity index (χ0n) is 13.1. The predicted molar refractivity (Wildman–Crippen MR) is 83.3 cm³/mol. The first-order valence-electron chi connectivity index (χ1n) is 7.77. The molecular weight excluding hydrogens is 248 g/mol. The summed E-state index contributed by atoms with van der Waals surface area (Å²) in [5.74, 6) is 5.79. The molecule has 1 aromatic heterocycles. The number of aromatic nitrogens is 2. The van der Waals surface area contributed by atoms with E-state index in [9.17, 15) is 0 Å². The van der Waals surface area contributed by atoms with Gasteiger partial charge in [0.05, 0.1) is 5.69 Å². The van der Waals surface area contributed by atoms with E-state index in [1.165, 1.54) is 48.9 Å². The fourth-order valence-electron chi connectivity index (χ4n) is 3.20. The van der Waals surface area contributed by atoms with Crippen LogP contribution in [-0.2, 0) is 13.5 Å². The second-order valence-electron chi connectivity index (χ2n) is 5.91. The number of aryl methyl sites for hydroxylation is 2. The van der Waals surface area contributed by atoms with Crippen molar-refractivity contribution in [2.75, 3.05) is 0 Å². The number of hydrazine groups is 1. The van der Waals surface area contributed by atoms with Gasteiger partial charge in [0, 0.05) is 18.8 Å². The number of hydrogen-bond donors (Lipinski definition) is 2. The summed E-state index contributed by atoms with van der Waals surface area (Å²) in [6.45, 7) is 4.24. The molecular formula is C16H28N4. The SMILES string of the molecule is Cc1nn(C)c(C)c1CCC(NN)C1=CCCCCC1. The van der Waals surface area contributed by atoms with Crippen molar-refractivity contribution in [1.82, 2.24) is 15.2 Å². The van der Waals surface area contributed by atoms with Gasteiger partial charge in [-0.2, -0.15) is 5.10 Å². The van der Waals surface area contributed by atoms with Crippen LogP contribution >= 0.6 is 0 Å². The molecule has 1 aromatic rings. The van der Waals surface area contributed by atoms with Crippen molar-refractivity contribution in [3.63, 3.8) is 0 Å². The molecule has 1 heterocycles. The van der Waals surface area contributed by atoms with E-state index in [0.29, 0.717) is 6.04 Å². The quantitative estimate of drug-likeness (QED) is 0.494. The monoisotopic (exact) mass is 276 g/mol. The predicted octanol–water partition coefficient (Wildman–Crippen LogP) is 2.69. The molecule has 1 aliphatic rings. The van der Waals surface area contributed by atoms with Crippen LogP contribution in [0.1, 0.15) is 55.5 Å². The Balaban J connectivity index is 2.01. The Morgan fingerprint density at radius 2 is 2.15 bits per heavy atom. The van der Waals surface area contributed by atoms with Crippen LogP contribution in [0.5, 0.6) is 0 Å². The normalized spacial score (nSPS) is 17.7. The van der Waals surface area contributed by atoms with E-state index < -0.39 is 0 Å². The zero-order valence-corrected chi connectivity index (χ0v) is 13.1. The third kappa shape index (κ3) is 3.49. The Kier molecular flexibility index (Phi) is 5.38. The van der Waals surface area contributed by atoms with E-state index >= 15 is 0 Å². The first-order chi connectivity index (χ1) is 9.63. The Morgan fingerprint density at radius 1 is 1.35 bits per heavy atom. The van der Waals surface area contributed by atoms with Crippen LogP contribution in [-0.4, -0.2) is 15.8 Å². The molecule has 20 heavy (non-hydrogen) atoms. The highest BCUT2D eigenvalue weighted by molar-refractivity contribution is 5.25. The topological polar surface area (TPSA) is 55.9 Å². The fraction of sp³-hybridized carbons (Fsp3) is 0.688. The maximum atomic E-state index is 5.79. The molecule has 0 aliphatic heterocycles. The van der Waals surface area contributed by atoms with Gasteiger partial charge >= 0.3 is 0 Å². The smallest absolute Gasteiger partial charge is 0.0628 e. The average molecular weight is 276 g/mol. The molecule has 4 heteroatoms. The number of nitrogens with two attached hydrogens (primary N) is 1. The molecule has 2 rings (SSSR count). The molecule has 112 valence electrons. The van der Waals surface area contributed by atoms with Gasteiger partial charge in [-0.3, -0.25) is 16.0 Å². The van der Waals surface area contributed by atoms with E-state index in [4.69, 9.17) is 5.84 Å². The van der Waals surface area contributed by atoms with Gasteiger partial charge in [0.1, 0.15) is 0 Å². The highest BCUT2D eigenvalue weighted by Gasteiger charge is 2.16. The van der Waals surface area contributed by atoms with Gasteiger partial charge < -0.3 is 0 Å². The summed E-state index contributed by atoms with van der Waals surface area (Å²) in [4.78, 5) is 0. The molecule has 1 unspecified atom stereocenters. The maximum absolute atomic E-state index is 5.79. The van der Waals surface area contributed by atoms with Crippen molar-refractivity contribution in [2.24, 2.45) is 12.9 Å². The summed E-state index contributed by atoms with van der Waals surface area (Å²) in [5.41, 5.74) is 8.32. The molecule has 0 radical (unpaired) electrons. The minimum atomic E-state index is 0.312. The van der Waals surface area contributed by atoms with Gasteiger partial charge in [0.2, 0.25) is 0 Å². The van der Waals surface area contributed by atoms with Gasteiger partial charge in [-0.15, -0.1) is 0 Å². The van der Waals surface area contributed by atoms with Crippen molar-refractivity contribution in [1.29, 1.82) is 0 Å². The lowest BCUT2D eigenvalue weighted by atomic mass is 9.95. The van der Waals surface area contributed by atoms with Crippen LogP contribution in [0.4, 0.5) is 0 Å². The lowest BCUT2D eigenvalue weighted by Gasteiger charge is -2.19. The molecule has 0 saturated carbocycles. The summed E-state index contributed by atoms with van der Waals surface area (Å²) in [6.07, 6.45) is 10.9. The highest BCUT2D eigenvalue weighted by atomic mass is 15.3. The average Bonchev–Trinajstić information content (AvgIpc) is 2.67. The molecule has 0 bridgehead atoms. The summed E-state index contributed by atoms with van der Waals surface area (Å²) in [5, 5.41) is 4.49. The number of nitrogens with one attached hydrogen (secondary N) is 1. The fourth-order valence-corrected chi connectivity index (χ4v) is 3.20. The van der Waals surface area contributed by atoms with E-state index in [1.807, 2.05) is 11.7 Å². The molecule has 0 spiro atoms. The number of rotatable bonds is 5. The third-order valence-corrected chi connectivity index (χ3v) is 4.57. The lowest BCUT2D eigenvalue weighted by molar-refractivity contribution is 0.531. The third-order valence-electron chi connectivity index (χ3n) is 4.57. The summed E-state index contributed by atoms with van der Waals surface area (Å²) in [6, 6.07) is 0.312. The van der Waals surface area contributed by atoms with E-state index in [2.05, 4.69) is 30.4 Å². The molecule has 1 aliphatic carbocycles. The van der Waals surface area contributed by atoms with Gasteiger partial charge in [-0.1, -0.05) is 18.1 Å². The van der Waals surface area contributed by atoms with E-state index in [0.717, 1.165) is 18.5 Å². The molecule has 0 fully saturated rings. The van der Waals surface area contributed by atoms with Crippen molar-refractivity contribution in [3.8, 4) is 0 Å². The van der Waals surface area contributed by atoms with Crippen LogP contribution in [0.2, 0.25) is 0 Å². The minimum Gasteiger partial charge on any atom is -0.272 e. The Morgan fingerprint density at radius 3 is 2.80 bits per heavy atom. The summed E-state index contributed by atoms with van der Waals surface area (Å²) < 4.78 is 1.97. The molecule has 0 saturated heterocycles. The number of allylic oxidation sites excluding steroid dienone is 1. The van der Waals surface area contributed by atoms with Crippen LogP contribution in [0.15, 0.2) is 11.6 Å². The van der Waals surface area contributed by atoms with Crippen LogP contribution in [0.3, 0.4) is 0 Å². The minimum absolute atomic E-state index is 0.312. The Labute approximate surface area is 122 Å². The van der Waals surface area contributed by atoms with Crippen molar-refractivity contribution >= 4 is 0 Å². The van der Waals surface area contributed by atoms with Gasteiger partial charge in [0.25, 0.3) is 0 Å². The standard InChI is InChI=1S/C16H28N4/c1-12-15(13(2)20(3)19-12)10-11-16(18-17)14-8-6-4-5-7-9-14/h8,16,18H,4-7,9-11,17H2,1-3H3. The number of hydrogen-bond acceptors (Lipinski definition) is 3. The maximum Gasteiger partial charge on any atom is 0.0628 e. The first kappa shape index (κ1) is 15.3. The molecule has 0 amide bonds. The van der Waals surface area contributed by atoms with Gasteiger partial charge in [0.15, 0.2) is 0 Å². The summed E-state index contributed by atoms with van der Waals surface area (Å²) >= 11 is 0. The Hall–Kier alpha value is -1.13. The van der Waals surface area contributed by atoms with Gasteiger partial charge in [-0.05, 0) is 57.9 Å². The van der Waals surface area contributed by atoms with Crippen molar-refractivity contribution in [2.45, 2.75) is 64.8 Å². The van der Waals surface area contributed by atoms with E-state index in [-0.39, 0.29) is 0 Å². The molecule has 1 atom stereocenters. The van der Waals surface area contributed by atoms with Crippen LogP contribution in [0.25, 0.3) is 0 Å². The lowest BCUT2D eigenvalue weighted by Crippen LogP contribution is -2.37. The molecule has 4 nitrogen and oxygen atoms in total. The second kappa shape index (κ2) is 7.04. The molecule has 3 N–H and O–H groups in total. The zero-order chi connectivity index (χ0) is 14.5. The number of nitrogens with zero attached hydrogens (tertiary/aromatic N) is 2. The van der Waals surface area contributed by atoms with Gasteiger partial charge in [-0.25, -0.2) is 0 Å². The van der Waals surface area contributed by atoms with Crippen LogP contribution in [0, 0.1) is 13.8 Å². The second-order valence-corrected chi connectivity index (χ2v) is 5.91. The Bertz CT molecular complexity index is 473. The molecule has 0 aromatic carbocycles. The van der Waals surface area contributed by atoms with Crippen LogP contribution < -0.4 is 11.3 Å². The summed E-state index contributed by atoms with van der Waals surface area (Å²) in [7, 11) is 2.01. The van der Waals surface area contributed by atoms with Crippen molar-refractivity contribution in [3.05, 3.63) is 28.6 Å². The van der Waals surface area contributed by atoms with E-state index in [1.54, 1.807) is 0 Å². The highest BCUT2D eigenvalue weighted by Crippen LogP contribution is 2.23. The first-order valence-corrected chi connectivity index (χ1v) is 7.77. The van der Waals surface area contributed by atoms with Crippen molar-refractivity contribution < 1.29 is 0 Å².